The Labute approximate surface area is 52.8 Å². The van der Waals surface area contributed by atoms with Gasteiger partial charge in [0.15, 0.2) is 5.82 Å². The molecule has 2 N–H and O–H groups in total. The summed E-state index contributed by atoms with van der Waals surface area (Å²) < 4.78 is 0. The van der Waals surface area contributed by atoms with Crippen molar-refractivity contribution in [1.29, 1.82) is 0 Å². The number of nitrogen functional groups attached to an aromatic ring is 1. The maximum atomic E-state index is 5.14. The van der Waals surface area contributed by atoms with E-state index >= 15 is 0 Å². The van der Waals surface area contributed by atoms with Crippen molar-refractivity contribution in [3.05, 3.63) is 5.82 Å². The molecule has 5 heteroatoms. The van der Waals surface area contributed by atoms with Crippen LogP contribution in [-0.4, -0.2) is 20.3 Å². The van der Waals surface area contributed by atoms with Gasteiger partial charge in [-0.15, -0.1) is 10.2 Å². The van der Waals surface area contributed by atoms with Crippen molar-refractivity contribution in [3.8, 4) is 0 Å². The van der Waals surface area contributed by atoms with E-state index in [0.717, 1.165) is 17.7 Å². The van der Waals surface area contributed by atoms with Gasteiger partial charge in [-0.3, -0.25) is 0 Å². The minimum absolute atomic E-state index is 0.708. The first kappa shape index (κ1) is 6.00. The van der Waals surface area contributed by atoms with E-state index in [1.165, 1.54) is 0 Å². The molecule has 0 aliphatic carbocycles. The summed E-state index contributed by atoms with van der Waals surface area (Å²) in [5.41, 5.74) is 0. The maximum absolute atomic E-state index is 5.14. The molecule has 1 heterocycles. The number of aryl methyl sites for hydroxylation is 1. The van der Waals surface area contributed by atoms with Crippen LogP contribution in [0.15, 0.2) is 0 Å². The van der Waals surface area contributed by atoms with Gasteiger partial charge in [-0.05, 0) is 11.6 Å². The Morgan fingerprint density at radius 3 is 2.89 bits per heavy atom. The molecule has 0 radical (unpaired) electrons. The van der Waals surface area contributed by atoms with Crippen LogP contribution in [0.2, 0.25) is 0 Å². The molecule has 0 aromatic carbocycles. The monoisotopic (exact) mass is 127 g/mol. The van der Waals surface area contributed by atoms with E-state index in [9.17, 15) is 0 Å². The first-order chi connectivity index (χ1) is 4.33. The highest BCUT2D eigenvalue weighted by molar-refractivity contribution is 4.74. The molecule has 0 bridgehead atoms. The molecule has 0 aliphatic heterocycles. The smallest absolute Gasteiger partial charge is 0.176 e. The van der Waals surface area contributed by atoms with Crippen LogP contribution in [0.25, 0.3) is 0 Å². The Hall–Kier alpha value is -1.13. The van der Waals surface area contributed by atoms with Gasteiger partial charge < -0.3 is 5.84 Å². The van der Waals surface area contributed by atoms with Gasteiger partial charge in [-0.25, -0.2) is 0 Å². The molecule has 0 aliphatic rings. The second-order valence-corrected chi connectivity index (χ2v) is 1.78. The van der Waals surface area contributed by atoms with Crippen LogP contribution in [0, 0.1) is 0 Å². The zero-order valence-corrected chi connectivity index (χ0v) is 5.28. The highest BCUT2D eigenvalue weighted by atomic mass is 15.7. The standard InChI is InChI=1S/C4H9N5/c1-2-3-4-6-8-9(5)7-4/h2-3,5H2,1H3. The van der Waals surface area contributed by atoms with E-state index in [0.29, 0.717) is 5.82 Å². The van der Waals surface area contributed by atoms with Gasteiger partial charge in [0, 0.05) is 6.42 Å². The Kier molecular flexibility index (Phi) is 1.62. The van der Waals surface area contributed by atoms with Crippen molar-refractivity contribution in [1.82, 2.24) is 20.3 Å². The molecule has 0 spiro atoms. The number of hydrogen-bond donors (Lipinski definition) is 1. The molecule has 0 saturated carbocycles. The van der Waals surface area contributed by atoms with Gasteiger partial charge in [0.05, 0.1) is 0 Å². The van der Waals surface area contributed by atoms with Gasteiger partial charge in [-0.2, -0.15) is 0 Å². The van der Waals surface area contributed by atoms with Crippen LogP contribution in [-0.2, 0) is 6.42 Å². The highest BCUT2D eigenvalue weighted by Gasteiger charge is 1.95. The lowest BCUT2D eigenvalue weighted by atomic mass is 10.3. The lowest BCUT2D eigenvalue weighted by Crippen LogP contribution is -2.12. The summed E-state index contributed by atoms with van der Waals surface area (Å²) in [7, 11) is 0. The van der Waals surface area contributed by atoms with Gasteiger partial charge in [0.1, 0.15) is 0 Å². The molecule has 50 valence electrons. The van der Waals surface area contributed by atoms with Crippen LogP contribution in [0.5, 0.6) is 0 Å². The molecule has 1 rings (SSSR count). The molecule has 1 aromatic rings. The molecule has 0 fully saturated rings. The van der Waals surface area contributed by atoms with Crippen LogP contribution in [0.3, 0.4) is 0 Å². The first-order valence-corrected chi connectivity index (χ1v) is 2.87. The topological polar surface area (TPSA) is 69.6 Å². The fraction of sp³-hybridized carbons (Fsp3) is 0.750. The van der Waals surface area contributed by atoms with E-state index in [2.05, 4.69) is 22.3 Å². The van der Waals surface area contributed by atoms with Crippen molar-refractivity contribution in [2.24, 2.45) is 0 Å². The minimum Gasteiger partial charge on any atom is -0.304 e. The lowest BCUT2D eigenvalue weighted by molar-refractivity contribution is 0.676. The number of aromatic nitrogens is 4. The predicted molar refractivity (Wildman–Crippen MR) is 32.0 cm³/mol. The molecule has 5 nitrogen and oxygen atoms in total. The Morgan fingerprint density at radius 1 is 1.67 bits per heavy atom. The molecule has 9 heavy (non-hydrogen) atoms. The normalized spacial score (nSPS) is 9.89. The van der Waals surface area contributed by atoms with Crippen LogP contribution >= 0.6 is 0 Å². The zero-order chi connectivity index (χ0) is 6.69. The SMILES string of the molecule is CCCc1nnn(N)n1. The quantitative estimate of drug-likeness (QED) is 0.535. The van der Waals surface area contributed by atoms with E-state index in [-0.39, 0.29) is 0 Å². The van der Waals surface area contributed by atoms with Crippen molar-refractivity contribution >= 4 is 0 Å². The van der Waals surface area contributed by atoms with Gasteiger partial charge in [0.2, 0.25) is 0 Å². The lowest BCUT2D eigenvalue weighted by Gasteiger charge is -1.82. The molecule has 0 unspecified atom stereocenters. The van der Waals surface area contributed by atoms with Crippen molar-refractivity contribution in [3.63, 3.8) is 0 Å². The third kappa shape index (κ3) is 1.38. The summed E-state index contributed by atoms with van der Waals surface area (Å²) in [6, 6.07) is 0. The Morgan fingerprint density at radius 2 is 2.44 bits per heavy atom. The van der Waals surface area contributed by atoms with Gasteiger partial charge >= 0.3 is 0 Å². The van der Waals surface area contributed by atoms with E-state index in [4.69, 9.17) is 5.84 Å². The molecular formula is C4H9N5. The summed E-state index contributed by atoms with van der Waals surface area (Å²) in [6.45, 7) is 2.05. The zero-order valence-electron chi connectivity index (χ0n) is 5.28. The van der Waals surface area contributed by atoms with Crippen molar-refractivity contribution < 1.29 is 0 Å². The van der Waals surface area contributed by atoms with Crippen molar-refractivity contribution in [2.45, 2.75) is 19.8 Å². The first-order valence-electron chi connectivity index (χ1n) is 2.87. The predicted octanol–water partition coefficient (Wildman–Crippen LogP) is -0.661. The molecule has 0 amide bonds. The second-order valence-electron chi connectivity index (χ2n) is 1.78. The molecule has 0 atom stereocenters. The molecule has 0 saturated heterocycles. The molecule has 1 aromatic heterocycles. The third-order valence-corrected chi connectivity index (χ3v) is 0.943. The van der Waals surface area contributed by atoms with Crippen molar-refractivity contribution in [2.75, 3.05) is 5.84 Å². The number of nitrogens with zero attached hydrogens (tertiary/aromatic N) is 4. The molecular weight excluding hydrogens is 118 g/mol. The second kappa shape index (κ2) is 2.43. The van der Waals surface area contributed by atoms with Crippen LogP contribution in [0.4, 0.5) is 0 Å². The average molecular weight is 127 g/mol. The Balaban J connectivity index is 2.61. The van der Waals surface area contributed by atoms with E-state index in [1.54, 1.807) is 0 Å². The Bertz CT molecular complexity index is 181. The summed E-state index contributed by atoms with van der Waals surface area (Å²) in [4.78, 5) is 0.977. The van der Waals surface area contributed by atoms with Crippen LogP contribution in [0.1, 0.15) is 19.2 Å². The van der Waals surface area contributed by atoms with E-state index < -0.39 is 0 Å². The minimum atomic E-state index is 0.708. The average Bonchev–Trinajstić information content (AvgIpc) is 2.17. The summed E-state index contributed by atoms with van der Waals surface area (Å²) in [6.07, 6.45) is 1.86. The maximum Gasteiger partial charge on any atom is 0.176 e. The summed E-state index contributed by atoms with van der Waals surface area (Å²) in [5, 5.41) is 10.9. The van der Waals surface area contributed by atoms with E-state index in [1.807, 2.05) is 0 Å². The van der Waals surface area contributed by atoms with Gasteiger partial charge in [0.25, 0.3) is 0 Å². The number of hydrogen-bond acceptors (Lipinski definition) is 4. The van der Waals surface area contributed by atoms with Crippen LogP contribution < -0.4 is 5.84 Å². The fourth-order valence-corrected chi connectivity index (χ4v) is 0.579. The highest BCUT2D eigenvalue weighted by Crippen LogP contribution is 1.88. The number of rotatable bonds is 2. The van der Waals surface area contributed by atoms with Gasteiger partial charge in [-0.1, -0.05) is 11.8 Å². The summed E-state index contributed by atoms with van der Waals surface area (Å²) >= 11 is 0. The number of nitrogens with two attached hydrogens (primary N) is 1. The number of tetrazole rings is 1. The fourth-order valence-electron chi connectivity index (χ4n) is 0.579. The largest absolute Gasteiger partial charge is 0.304 e. The summed E-state index contributed by atoms with van der Waals surface area (Å²) in [5.74, 6) is 5.85. The third-order valence-electron chi connectivity index (χ3n) is 0.943.